The molecule has 2 aromatic rings. The SMILES string of the molecule is COCCN(CC(=O)N1N=C(c2ccc(OC)cc2OC)C[C@H]1c1ccc(C)cc1)C(=O)C1CCCC1. The largest absolute Gasteiger partial charge is 0.497 e. The Morgan fingerprint density at radius 1 is 1.03 bits per heavy atom. The number of methoxy groups -OCH3 is 3. The number of rotatable bonds is 10. The van der Waals surface area contributed by atoms with Crippen molar-refractivity contribution in [2.45, 2.75) is 45.1 Å². The van der Waals surface area contributed by atoms with Crippen molar-refractivity contribution in [3.63, 3.8) is 0 Å². The van der Waals surface area contributed by atoms with Crippen LogP contribution in [0.5, 0.6) is 11.5 Å². The molecule has 0 bridgehead atoms. The molecule has 0 radical (unpaired) electrons. The molecule has 1 heterocycles. The molecule has 1 saturated carbocycles. The zero-order valence-electron chi connectivity index (χ0n) is 22.2. The summed E-state index contributed by atoms with van der Waals surface area (Å²) < 4.78 is 16.2. The van der Waals surface area contributed by atoms with Crippen molar-refractivity contribution in [3.8, 4) is 11.5 Å². The van der Waals surface area contributed by atoms with Gasteiger partial charge in [0, 0.05) is 37.6 Å². The van der Waals surface area contributed by atoms with E-state index in [0.717, 1.165) is 48.1 Å². The van der Waals surface area contributed by atoms with Gasteiger partial charge >= 0.3 is 0 Å². The van der Waals surface area contributed by atoms with Crippen molar-refractivity contribution < 1.29 is 23.8 Å². The molecule has 1 aliphatic heterocycles. The highest BCUT2D eigenvalue weighted by molar-refractivity contribution is 6.05. The fraction of sp³-hybridized carbons (Fsp3) is 0.483. The molecule has 0 unspecified atom stereocenters. The van der Waals surface area contributed by atoms with Gasteiger partial charge in [-0.15, -0.1) is 0 Å². The maximum absolute atomic E-state index is 13.8. The summed E-state index contributed by atoms with van der Waals surface area (Å²) >= 11 is 0. The van der Waals surface area contributed by atoms with Gasteiger partial charge in [-0.1, -0.05) is 42.7 Å². The highest BCUT2D eigenvalue weighted by atomic mass is 16.5. The smallest absolute Gasteiger partial charge is 0.262 e. The van der Waals surface area contributed by atoms with Crippen LogP contribution >= 0.6 is 0 Å². The van der Waals surface area contributed by atoms with Crippen LogP contribution in [0.2, 0.25) is 0 Å². The van der Waals surface area contributed by atoms with E-state index >= 15 is 0 Å². The number of hydrogen-bond donors (Lipinski definition) is 0. The van der Waals surface area contributed by atoms with Crippen LogP contribution in [-0.2, 0) is 14.3 Å². The average molecular weight is 508 g/mol. The fourth-order valence-corrected chi connectivity index (χ4v) is 5.12. The van der Waals surface area contributed by atoms with Crippen molar-refractivity contribution in [1.29, 1.82) is 0 Å². The molecule has 2 aromatic carbocycles. The molecule has 198 valence electrons. The van der Waals surface area contributed by atoms with Gasteiger partial charge in [0.1, 0.15) is 18.0 Å². The monoisotopic (exact) mass is 507 g/mol. The van der Waals surface area contributed by atoms with E-state index in [1.165, 1.54) is 0 Å². The molecule has 1 fully saturated rings. The minimum atomic E-state index is -0.277. The quantitative estimate of drug-likeness (QED) is 0.478. The van der Waals surface area contributed by atoms with Crippen molar-refractivity contribution in [3.05, 3.63) is 59.2 Å². The summed E-state index contributed by atoms with van der Waals surface area (Å²) in [5.74, 6) is 1.12. The third kappa shape index (κ3) is 6.13. The summed E-state index contributed by atoms with van der Waals surface area (Å²) in [6, 6.07) is 13.5. The first-order chi connectivity index (χ1) is 17.9. The summed E-state index contributed by atoms with van der Waals surface area (Å²) in [4.78, 5) is 28.7. The van der Waals surface area contributed by atoms with E-state index in [1.54, 1.807) is 31.2 Å². The molecule has 2 amide bonds. The van der Waals surface area contributed by atoms with Crippen molar-refractivity contribution in [2.75, 3.05) is 41.0 Å². The summed E-state index contributed by atoms with van der Waals surface area (Å²) in [5.41, 5.74) is 3.71. The number of amides is 2. The standard InChI is InChI=1S/C29H37N3O5/c1-20-9-11-21(12-10-20)26-18-25(24-14-13-23(36-3)17-27(24)37-4)30-32(26)28(33)19-31(15-16-35-2)29(34)22-7-5-6-8-22/h9-14,17,22,26H,5-8,15-16,18-19H2,1-4H3/t26-/m0/s1. The van der Waals surface area contributed by atoms with Gasteiger partial charge in [0.2, 0.25) is 5.91 Å². The third-order valence-electron chi connectivity index (χ3n) is 7.26. The Morgan fingerprint density at radius 3 is 2.41 bits per heavy atom. The van der Waals surface area contributed by atoms with Gasteiger partial charge in [-0.3, -0.25) is 9.59 Å². The molecule has 1 aliphatic carbocycles. The predicted molar refractivity (Wildman–Crippen MR) is 142 cm³/mol. The molecule has 0 N–H and O–H groups in total. The first-order valence-electron chi connectivity index (χ1n) is 12.9. The van der Waals surface area contributed by atoms with E-state index in [2.05, 4.69) is 0 Å². The summed E-state index contributed by atoms with van der Waals surface area (Å²) in [5, 5.41) is 6.35. The highest BCUT2D eigenvalue weighted by Gasteiger charge is 2.36. The Kier molecular flexibility index (Phi) is 8.82. The number of carbonyl (C=O) groups is 2. The van der Waals surface area contributed by atoms with Crippen molar-refractivity contribution >= 4 is 17.5 Å². The Hall–Kier alpha value is -3.39. The second kappa shape index (κ2) is 12.2. The predicted octanol–water partition coefficient (Wildman–Crippen LogP) is 4.36. The fourth-order valence-electron chi connectivity index (χ4n) is 5.12. The molecule has 8 heteroatoms. The first-order valence-corrected chi connectivity index (χ1v) is 12.9. The van der Waals surface area contributed by atoms with Gasteiger partial charge in [-0.25, -0.2) is 5.01 Å². The molecular formula is C29H37N3O5. The van der Waals surface area contributed by atoms with Crippen LogP contribution in [-0.4, -0.2) is 68.5 Å². The number of aryl methyl sites for hydroxylation is 1. The van der Waals surface area contributed by atoms with Gasteiger partial charge in [0.25, 0.3) is 5.91 Å². The minimum Gasteiger partial charge on any atom is -0.497 e. The van der Waals surface area contributed by atoms with Crippen molar-refractivity contribution in [2.24, 2.45) is 11.0 Å². The summed E-state index contributed by atoms with van der Waals surface area (Å²) in [6.07, 6.45) is 4.41. The molecular weight excluding hydrogens is 470 g/mol. The normalized spacial score (nSPS) is 17.6. The molecule has 4 rings (SSSR count). The van der Waals surface area contributed by atoms with E-state index in [-0.39, 0.29) is 30.3 Å². The number of carbonyl (C=O) groups excluding carboxylic acids is 2. The zero-order valence-corrected chi connectivity index (χ0v) is 22.2. The Bertz CT molecular complexity index is 1120. The third-order valence-corrected chi connectivity index (χ3v) is 7.26. The minimum absolute atomic E-state index is 0.0150. The maximum atomic E-state index is 13.8. The molecule has 0 aromatic heterocycles. The van der Waals surface area contributed by atoms with Crippen LogP contribution < -0.4 is 9.47 Å². The molecule has 37 heavy (non-hydrogen) atoms. The lowest BCUT2D eigenvalue weighted by molar-refractivity contribution is -0.144. The Morgan fingerprint density at radius 2 is 1.76 bits per heavy atom. The molecule has 8 nitrogen and oxygen atoms in total. The van der Waals surface area contributed by atoms with E-state index in [0.29, 0.717) is 31.1 Å². The Balaban J connectivity index is 1.64. The lowest BCUT2D eigenvalue weighted by Crippen LogP contribution is -2.44. The molecule has 0 spiro atoms. The van der Waals surface area contributed by atoms with E-state index in [1.807, 2.05) is 49.4 Å². The van der Waals surface area contributed by atoms with Crippen LogP contribution in [0, 0.1) is 12.8 Å². The number of hydrogen-bond acceptors (Lipinski definition) is 6. The van der Waals surface area contributed by atoms with E-state index in [9.17, 15) is 9.59 Å². The number of ether oxygens (including phenoxy) is 3. The van der Waals surface area contributed by atoms with Crippen LogP contribution in [0.1, 0.15) is 54.8 Å². The maximum Gasteiger partial charge on any atom is 0.262 e. The molecule has 0 saturated heterocycles. The topological polar surface area (TPSA) is 80.7 Å². The summed E-state index contributed by atoms with van der Waals surface area (Å²) in [6.45, 7) is 2.76. The lowest BCUT2D eigenvalue weighted by atomic mass is 9.97. The van der Waals surface area contributed by atoms with Gasteiger partial charge < -0.3 is 19.1 Å². The van der Waals surface area contributed by atoms with Gasteiger partial charge in [-0.05, 0) is 37.5 Å². The van der Waals surface area contributed by atoms with Crippen LogP contribution in [0.3, 0.4) is 0 Å². The van der Waals surface area contributed by atoms with Gasteiger partial charge in [-0.2, -0.15) is 5.10 Å². The van der Waals surface area contributed by atoms with Crippen LogP contribution in [0.4, 0.5) is 0 Å². The second-order valence-corrected chi connectivity index (χ2v) is 9.72. The van der Waals surface area contributed by atoms with Crippen LogP contribution in [0.15, 0.2) is 47.6 Å². The van der Waals surface area contributed by atoms with E-state index < -0.39 is 0 Å². The zero-order chi connectivity index (χ0) is 26.4. The number of hydrazone groups is 1. The number of benzene rings is 2. The Labute approximate surface area is 219 Å². The van der Waals surface area contributed by atoms with E-state index in [4.69, 9.17) is 19.3 Å². The van der Waals surface area contributed by atoms with Gasteiger partial charge in [0.15, 0.2) is 0 Å². The van der Waals surface area contributed by atoms with Crippen LogP contribution in [0.25, 0.3) is 0 Å². The first kappa shape index (κ1) is 26.7. The van der Waals surface area contributed by atoms with Crippen molar-refractivity contribution in [1.82, 2.24) is 9.91 Å². The molecule has 1 atom stereocenters. The number of nitrogens with zero attached hydrogens (tertiary/aromatic N) is 3. The highest BCUT2D eigenvalue weighted by Crippen LogP contribution is 2.36. The average Bonchev–Trinajstić information content (AvgIpc) is 3.61. The van der Waals surface area contributed by atoms with Gasteiger partial charge in [0.05, 0.1) is 32.6 Å². The lowest BCUT2D eigenvalue weighted by Gasteiger charge is -2.28. The second-order valence-electron chi connectivity index (χ2n) is 9.72. The molecule has 2 aliphatic rings. The summed E-state index contributed by atoms with van der Waals surface area (Å²) in [7, 11) is 4.82.